The van der Waals surface area contributed by atoms with Crippen molar-refractivity contribution in [2.24, 2.45) is 0 Å². The molecule has 0 radical (unpaired) electrons. The lowest BCUT2D eigenvalue weighted by atomic mass is 10.2. The van der Waals surface area contributed by atoms with E-state index in [0.29, 0.717) is 16.7 Å². The summed E-state index contributed by atoms with van der Waals surface area (Å²) < 4.78 is 1.83. The summed E-state index contributed by atoms with van der Waals surface area (Å²) in [5.41, 5.74) is 3.87. The number of nitrogens with one attached hydrogen (secondary N) is 2. The van der Waals surface area contributed by atoms with E-state index < -0.39 is 0 Å². The third-order valence-electron chi connectivity index (χ3n) is 3.60. The van der Waals surface area contributed by atoms with Gasteiger partial charge in [-0.25, -0.2) is 0 Å². The normalized spacial score (nSPS) is 10.5. The van der Waals surface area contributed by atoms with Crippen LogP contribution < -0.4 is 10.6 Å². The zero-order valence-electron chi connectivity index (χ0n) is 13.5. The van der Waals surface area contributed by atoms with Gasteiger partial charge in [-0.3, -0.25) is 4.68 Å². The van der Waals surface area contributed by atoms with Crippen LogP contribution in [0, 0.1) is 6.92 Å². The van der Waals surface area contributed by atoms with Crippen LogP contribution in [0.1, 0.15) is 11.1 Å². The van der Waals surface area contributed by atoms with Gasteiger partial charge in [0.2, 0.25) is 0 Å². The van der Waals surface area contributed by atoms with E-state index in [1.165, 1.54) is 0 Å². The minimum Gasteiger partial charge on any atom is -0.332 e. The molecule has 0 amide bonds. The van der Waals surface area contributed by atoms with Crippen molar-refractivity contribution in [1.82, 2.24) is 9.78 Å². The molecule has 7 heteroatoms. The molecule has 4 nitrogen and oxygen atoms in total. The molecule has 2 aromatic carbocycles. The van der Waals surface area contributed by atoms with E-state index in [2.05, 4.69) is 15.7 Å². The molecule has 128 valence electrons. The molecule has 0 atom stereocenters. The maximum Gasteiger partial charge on any atom is 0.175 e. The van der Waals surface area contributed by atoms with E-state index in [4.69, 9.17) is 35.4 Å². The third kappa shape index (κ3) is 4.95. The number of hydrogen-bond donors (Lipinski definition) is 2. The lowest BCUT2D eigenvalue weighted by molar-refractivity contribution is 0.687. The fraction of sp³-hybridized carbons (Fsp3) is 0.111. The largest absolute Gasteiger partial charge is 0.332 e. The molecule has 0 aliphatic rings. The maximum absolute atomic E-state index is 6.03. The van der Waals surface area contributed by atoms with Crippen LogP contribution in [0.3, 0.4) is 0 Å². The summed E-state index contributed by atoms with van der Waals surface area (Å²) in [4.78, 5) is 0. The fourth-order valence-electron chi connectivity index (χ4n) is 2.31. The molecule has 0 unspecified atom stereocenters. The first kappa shape index (κ1) is 17.7. The molecule has 2 N–H and O–H groups in total. The van der Waals surface area contributed by atoms with Gasteiger partial charge >= 0.3 is 0 Å². The van der Waals surface area contributed by atoms with Crippen molar-refractivity contribution >= 4 is 51.9 Å². The molecule has 1 heterocycles. The number of thiocarbonyl (C=S) groups is 1. The van der Waals surface area contributed by atoms with Crippen LogP contribution in [0.5, 0.6) is 0 Å². The molecule has 0 aliphatic heterocycles. The van der Waals surface area contributed by atoms with Gasteiger partial charge in [-0.15, -0.1) is 0 Å². The molecule has 0 fully saturated rings. The smallest absolute Gasteiger partial charge is 0.175 e. The quantitative estimate of drug-likeness (QED) is 0.588. The molecule has 1 aromatic heterocycles. The number of halogens is 2. The van der Waals surface area contributed by atoms with Gasteiger partial charge < -0.3 is 10.6 Å². The van der Waals surface area contributed by atoms with Gasteiger partial charge in [-0.05, 0) is 54.5 Å². The van der Waals surface area contributed by atoms with Crippen LogP contribution in [0.15, 0.2) is 54.9 Å². The first-order chi connectivity index (χ1) is 12.0. The lowest BCUT2D eigenvalue weighted by Gasteiger charge is -2.11. The van der Waals surface area contributed by atoms with Gasteiger partial charge in [0.15, 0.2) is 5.11 Å². The Morgan fingerprint density at radius 3 is 2.56 bits per heavy atom. The summed E-state index contributed by atoms with van der Waals surface area (Å²) in [6.07, 6.45) is 3.63. The molecular weight excluding hydrogens is 375 g/mol. The zero-order chi connectivity index (χ0) is 17.8. The Bertz CT molecular complexity index is 890. The number of aromatic nitrogens is 2. The minimum absolute atomic E-state index is 0.483. The SMILES string of the molecule is Cc1ccc(Cl)cc1NC(=S)Nc1cnn(Cc2ccc(Cl)cc2)c1. The van der Waals surface area contributed by atoms with Gasteiger partial charge in [0, 0.05) is 21.9 Å². The van der Waals surface area contributed by atoms with Gasteiger partial charge in [0.25, 0.3) is 0 Å². The number of nitrogens with zero attached hydrogens (tertiary/aromatic N) is 2. The highest BCUT2D eigenvalue weighted by molar-refractivity contribution is 7.80. The second-order valence-corrected chi connectivity index (χ2v) is 6.87. The number of aryl methyl sites for hydroxylation is 1. The van der Waals surface area contributed by atoms with E-state index in [1.807, 2.05) is 60.3 Å². The van der Waals surface area contributed by atoms with Crippen LogP contribution in [0.25, 0.3) is 0 Å². The lowest BCUT2D eigenvalue weighted by Crippen LogP contribution is -2.19. The van der Waals surface area contributed by atoms with Crippen molar-refractivity contribution in [3.05, 3.63) is 76.0 Å². The summed E-state index contributed by atoms with van der Waals surface area (Å²) in [5, 5.41) is 12.5. The van der Waals surface area contributed by atoms with E-state index >= 15 is 0 Å². The molecule has 3 rings (SSSR count). The zero-order valence-corrected chi connectivity index (χ0v) is 15.8. The summed E-state index contributed by atoms with van der Waals surface area (Å²) in [6.45, 7) is 2.65. The van der Waals surface area contributed by atoms with E-state index in [9.17, 15) is 0 Å². The van der Waals surface area contributed by atoms with Crippen LogP contribution in [0.2, 0.25) is 10.0 Å². The third-order valence-corrected chi connectivity index (χ3v) is 4.29. The predicted molar refractivity (Wildman–Crippen MR) is 109 cm³/mol. The molecule has 0 bridgehead atoms. The van der Waals surface area contributed by atoms with Crippen LogP contribution in [-0.2, 0) is 6.54 Å². The Labute approximate surface area is 161 Å². The van der Waals surface area contributed by atoms with Crippen molar-refractivity contribution in [2.75, 3.05) is 10.6 Å². The highest BCUT2D eigenvalue weighted by Gasteiger charge is 2.05. The number of hydrogen-bond acceptors (Lipinski definition) is 2. The van der Waals surface area contributed by atoms with E-state index in [-0.39, 0.29) is 0 Å². The maximum atomic E-state index is 6.03. The monoisotopic (exact) mass is 390 g/mol. The van der Waals surface area contributed by atoms with Crippen molar-refractivity contribution in [1.29, 1.82) is 0 Å². The molecule has 0 saturated carbocycles. The van der Waals surface area contributed by atoms with Crippen molar-refractivity contribution in [3.63, 3.8) is 0 Å². The average molecular weight is 391 g/mol. The van der Waals surface area contributed by atoms with Crippen molar-refractivity contribution < 1.29 is 0 Å². The number of anilines is 2. The summed E-state index contributed by atoms with van der Waals surface area (Å²) in [5.74, 6) is 0. The van der Waals surface area contributed by atoms with Gasteiger partial charge in [0.1, 0.15) is 0 Å². The van der Waals surface area contributed by atoms with Crippen molar-refractivity contribution in [2.45, 2.75) is 13.5 Å². The molecule has 25 heavy (non-hydrogen) atoms. The first-order valence-corrected chi connectivity index (χ1v) is 8.77. The predicted octanol–water partition coefficient (Wildman–Crippen LogP) is 5.36. The Morgan fingerprint density at radius 2 is 1.80 bits per heavy atom. The Balaban J connectivity index is 1.61. The summed E-state index contributed by atoms with van der Waals surface area (Å²) in [7, 11) is 0. The molecule has 0 aliphatic carbocycles. The Kier molecular flexibility index (Phi) is 5.58. The molecule has 0 saturated heterocycles. The standard InChI is InChI=1S/C18H16Cl2N4S/c1-12-2-5-15(20)8-17(12)23-18(25)22-16-9-21-24(11-16)10-13-3-6-14(19)7-4-13/h2-9,11H,10H2,1H3,(H2,22,23,25). The first-order valence-electron chi connectivity index (χ1n) is 7.61. The summed E-state index contributed by atoms with van der Waals surface area (Å²) in [6, 6.07) is 13.3. The second-order valence-electron chi connectivity index (χ2n) is 5.59. The average Bonchev–Trinajstić information content (AvgIpc) is 3.00. The van der Waals surface area contributed by atoms with Crippen LogP contribution in [0.4, 0.5) is 11.4 Å². The van der Waals surface area contributed by atoms with Crippen LogP contribution in [-0.4, -0.2) is 14.9 Å². The topological polar surface area (TPSA) is 41.9 Å². The van der Waals surface area contributed by atoms with E-state index in [1.54, 1.807) is 6.20 Å². The van der Waals surface area contributed by atoms with Crippen LogP contribution >= 0.6 is 35.4 Å². The van der Waals surface area contributed by atoms with Gasteiger partial charge in [0.05, 0.1) is 18.4 Å². The molecule has 0 spiro atoms. The minimum atomic E-state index is 0.483. The fourth-order valence-corrected chi connectivity index (χ4v) is 2.83. The van der Waals surface area contributed by atoms with E-state index in [0.717, 1.165) is 27.5 Å². The molecule has 3 aromatic rings. The Morgan fingerprint density at radius 1 is 1.08 bits per heavy atom. The van der Waals surface area contributed by atoms with Gasteiger partial charge in [-0.2, -0.15) is 5.10 Å². The summed E-state index contributed by atoms with van der Waals surface area (Å²) >= 11 is 17.3. The van der Waals surface area contributed by atoms with Gasteiger partial charge in [-0.1, -0.05) is 41.4 Å². The highest BCUT2D eigenvalue weighted by atomic mass is 35.5. The highest BCUT2D eigenvalue weighted by Crippen LogP contribution is 2.20. The second kappa shape index (κ2) is 7.87. The van der Waals surface area contributed by atoms with Crippen molar-refractivity contribution in [3.8, 4) is 0 Å². The number of benzene rings is 2. The number of rotatable bonds is 4. The Hall–Kier alpha value is -2.08. The molecular formula is C18H16Cl2N4S.